The van der Waals surface area contributed by atoms with Gasteiger partial charge >= 0.3 is 6.18 Å². The van der Waals surface area contributed by atoms with Gasteiger partial charge in [-0.3, -0.25) is 0 Å². The fraction of sp³-hybridized carbons (Fsp3) is 0.500. The van der Waals surface area contributed by atoms with E-state index in [0.717, 1.165) is 0 Å². The molecule has 2 rings (SSSR count). The second-order valence-corrected chi connectivity index (χ2v) is 5.02. The highest BCUT2D eigenvalue weighted by molar-refractivity contribution is 5.44. The van der Waals surface area contributed by atoms with Crippen LogP contribution in [-0.2, 0) is 6.18 Å². The third kappa shape index (κ3) is 2.16. The maximum Gasteiger partial charge on any atom is 0.419 e. The van der Waals surface area contributed by atoms with Crippen LogP contribution in [0.15, 0.2) is 12.1 Å². The number of fused-ring (bicyclic) bond motifs is 1. The third-order valence-corrected chi connectivity index (χ3v) is 2.92. The Balaban J connectivity index is 2.58. The average Bonchev–Trinajstić information content (AvgIpc) is 2.16. The van der Waals surface area contributed by atoms with Crippen molar-refractivity contribution in [2.24, 2.45) is 5.73 Å². The molecule has 100 valence electrons. The fourth-order valence-electron chi connectivity index (χ4n) is 2.14. The molecule has 0 saturated carbocycles. The smallest absolute Gasteiger partial charge is 0.419 e. The molecule has 0 amide bonds. The van der Waals surface area contributed by atoms with Gasteiger partial charge in [-0.25, -0.2) is 4.39 Å². The number of nitrogens with two attached hydrogens (primary N) is 1. The molecule has 1 aliphatic rings. The van der Waals surface area contributed by atoms with Crippen LogP contribution in [0.25, 0.3) is 0 Å². The van der Waals surface area contributed by atoms with Gasteiger partial charge in [0.25, 0.3) is 0 Å². The molecule has 1 atom stereocenters. The lowest BCUT2D eigenvalue weighted by Gasteiger charge is -2.36. The summed E-state index contributed by atoms with van der Waals surface area (Å²) in [5.41, 5.74) is 3.99. The number of halogens is 4. The summed E-state index contributed by atoms with van der Waals surface area (Å²) in [4.78, 5) is 0. The van der Waals surface area contributed by atoms with Crippen LogP contribution in [0.3, 0.4) is 0 Å². The Morgan fingerprint density at radius 3 is 2.50 bits per heavy atom. The molecular weight excluding hydrogens is 250 g/mol. The highest BCUT2D eigenvalue weighted by Gasteiger charge is 2.40. The zero-order chi connectivity index (χ0) is 13.7. The predicted molar refractivity (Wildman–Crippen MR) is 57.7 cm³/mol. The number of hydrogen-bond donors (Lipinski definition) is 1. The number of ether oxygens (including phenoxy) is 1. The lowest BCUT2D eigenvalue weighted by atomic mass is 9.89. The van der Waals surface area contributed by atoms with Crippen molar-refractivity contribution in [1.29, 1.82) is 0 Å². The summed E-state index contributed by atoms with van der Waals surface area (Å²) in [5.74, 6) is -1.77. The zero-order valence-corrected chi connectivity index (χ0v) is 9.94. The van der Waals surface area contributed by atoms with Gasteiger partial charge in [0.1, 0.15) is 5.60 Å². The summed E-state index contributed by atoms with van der Waals surface area (Å²) >= 11 is 0. The Bertz CT molecular complexity index is 482. The Hall–Kier alpha value is -1.30. The normalized spacial score (nSPS) is 22.3. The monoisotopic (exact) mass is 263 g/mol. The van der Waals surface area contributed by atoms with Crippen molar-refractivity contribution < 1.29 is 22.3 Å². The molecule has 1 unspecified atom stereocenters. The Morgan fingerprint density at radius 2 is 1.94 bits per heavy atom. The van der Waals surface area contributed by atoms with E-state index in [4.69, 9.17) is 10.5 Å². The first-order valence-electron chi connectivity index (χ1n) is 5.46. The van der Waals surface area contributed by atoms with Gasteiger partial charge in [-0.05, 0) is 19.9 Å². The quantitative estimate of drug-likeness (QED) is 0.728. The molecule has 0 saturated heterocycles. The van der Waals surface area contributed by atoms with Crippen molar-refractivity contribution in [3.63, 3.8) is 0 Å². The molecule has 0 aromatic heterocycles. The van der Waals surface area contributed by atoms with Crippen LogP contribution in [0, 0.1) is 5.82 Å². The molecule has 2 nitrogen and oxygen atoms in total. The van der Waals surface area contributed by atoms with E-state index in [1.165, 1.54) is 6.07 Å². The van der Waals surface area contributed by atoms with Gasteiger partial charge in [0.15, 0.2) is 11.6 Å². The first-order chi connectivity index (χ1) is 8.12. The summed E-state index contributed by atoms with van der Waals surface area (Å²) < 4.78 is 56.9. The summed E-state index contributed by atoms with van der Waals surface area (Å²) in [6.07, 6.45) is -4.32. The minimum absolute atomic E-state index is 0.278. The number of alkyl halides is 3. The van der Waals surface area contributed by atoms with Crippen molar-refractivity contribution in [2.45, 2.75) is 38.1 Å². The van der Waals surface area contributed by atoms with Crippen molar-refractivity contribution in [2.75, 3.05) is 0 Å². The molecule has 1 heterocycles. The van der Waals surface area contributed by atoms with Crippen molar-refractivity contribution in [1.82, 2.24) is 0 Å². The Labute approximate surface area is 102 Å². The molecule has 0 fully saturated rings. The van der Waals surface area contributed by atoms with Gasteiger partial charge in [-0.15, -0.1) is 0 Å². The van der Waals surface area contributed by atoms with E-state index in [1.807, 2.05) is 0 Å². The van der Waals surface area contributed by atoms with Crippen LogP contribution in [0.5, 0.6) is 5.75 Å². The maximum absolute atomic E-state index is 13.9. The second-order valence-electron chi connectivity index (χ2n) is 5.02. The van der Waals surface area contributed by atoms with Crippen molar-refractivity contribution >= 4 is 0 Å². The first kappa shape index (κ1) is 13.1. The largest absolute Gasteiger partial charge is 0.484 e. The standard InChI is InChI=1S/C12H13F4NO/c1-11(2)5-8(17)6-3-4-7(12(14,15)16)9(13)10(6)18-11/h3-4,8H,5,17H2,1-2H3. The summed E-state index contributed by atoms with van der Waals surface area (Å²) in [5, 5.41) is 0. The maximum atomic E-state index is 13.9. The minimum atomic E-state index is -4.74. The van der Waals surface area contributed by atoms with Gasteiger partial charge in [-0.2, -0.15) is 13.2 Å². The lowest BCUT2D eigenvalue weighted by molar-refractivity contribution is -0.140. The predicted octanol–water partition coefficient (Wildman–Crippen LogP) is 3.41. The molecular formula is C12H13F4NO. The van der Waals surface area contributed by atoms with Crippen LogP contribution in [0.4, 0.5) is 17.6 Å². The zero-order valence-electron chi connectivity index (χ0n) is 9.94. The summed E-state index contributed by atoms with van der Waals surface area (Å²) in [6, 6.07) is 1.36. The molecule has 1 aliphatic heterocycles. The SMILES string of the molecule is CC1(C)CC(N)c2ccc(C(F)(F)F)c(F)c2O1. The molecule has 2 N–H and O–H groups in total. The van der Waals surface area contributed by atoms with E-state index in [0.29, 0.717) is 12.5 Å². The molecule has 1 aromatic rings. The number of benzene rings is 1. The van der Waals surface area contributed by atoms with Crippen LogP contribution in [-0.4, -0.2) is 5.60 Å². The molecule has 0 aliphatic carbocycles. The van der Waals surface area contributed by atoms with Gasteiger partial charge in [0.2, 0.25) is 0 Å². The highest BCUT2D eigenvalue weighted by Crippen LogP contribution is 2.43. The summed E-state index contributed by atoms with van der Waals surface area (Å²) in [7, 11) is 0. The van der Waals surface area contributed by atoms with E-state index in [1.54, 1.807) is 13.8 Å². The van der Waals surface area contributed by atoms with Crippen LogP contribution in [0.2, 0.25) is 0 Å². The lowest BCUT2D eigenvalue weighted by Crippen LogP contribution is -2.38. The van der Waals surface area contributed by atoms with Gasteiger partial charge in [0, 0.05) is 18.0 Å². The van der Waals surface area contributed by atoms with E-state index in [-0.39, 0.29) is 11.3 Å². The molecule has 18 heavy (non-hydrogen) atoms. The second kappa shape index (κ2) is 3.85. The van der Waals surface area contributed by atoms with Crippen LogP contribution in [0.1, 0.15) is 37.4 Å². The van der Waals surface area contributed by atoms with E-state index >= 15 is 0 Å². The molecule has 0 bridgehead atoms. The van der Waals surface area contributed by atoms with E-state index in [9.17, 15) is 17.6 Å². The Kier molecular flexibility index (Phi) is 2.81. The van der Waals surface area contributed by atoms with E-state index in [2.05, 4.69) is 0 Å². The number of rotatable bonds is 0. The molecule has 0 spiro atoms. The fourth-order valence-corrected chi connectivity index (χ4v) is 2.14. The van der Waals surface area contributed by atoms with Gasteiger partial charge < -0.3 is 10.5 Å². The van der Waals surface area contributed by atoms with E-state index < -0.39 is 29.2 Å². The van der Waals surface area contributed by atoms with Crippen molar-refractivity contribution in [3.8, 4) is 5.75 Å². The molecule has 6 heteroatoms. The van der Waals surface area contributed by atoms with Gasteiger partial charge in [0.05, 0.1) is 5.56 Å². The van der Waals surface area contributed by atoms with Crippen LogP contribution >= 0.6 is 0 Å². The van der Waals surface area contributed by atoms with Crippen LogP contribution < -0.4 is 10.5 Å². The molecule has 0 radical (unpaired) electrons. The first-order valence-corrected chi connectivity index (χ1v) is 5.46. The average molecular weight is 263 g/mol. The molecule has 1 aromatic carbocycles. The highest BCUT2D eigenvalue weighted by atomic mass is 19.4. The Morgan fingerprint density at radius 1 is 1.33 bits per heavy atom. The third-order valence-electron chi connectivity index (χ3n) is 2.92. The summed E-state index contributed by atoms with van der Waals surface area (Å²) in [6.45, 7) is 3.32. The topological polar surface area (TPSA) is 35.2 Å². The number of hydrogen-bond acceptors (Lipinski definition) is 2. The minimum Gasteiger partial charge on any atom is -0.484 e. The van der Waals surface area contributed by atoms with Crippen molar-refractivity contribution in [3.05, 3.63) is 29.1 Å². The van der Waals surface area contributed by atoms with Gasteiger partial charge in [-0.1, -0.05) is 6.07 Å².